The number of amides is 1. The number of benzene rings is 1. The van der Waals surface area contributed by atoms with E-state index in [9.17, 15) is 4.79 Å². The third kappa shape index (κ3) is 4.07. The highest BCUT2D eigenvalue weighted by Gasteiger charge is 2.21. The Bertz CT molecular complexity index is 713. The molecule has 1 saturated heterocycles. The van der Waals surface area contributed by atoms with Gasteiger partial charge in [-0.3, -0.25) is 9.89 Å². The molecule has 1 aliphatic heterocycles. The number of ether oxygens (including phenoxy) is 2. The second kappa shape index (κ2) is 7.67. The van der Waals surface area contributed by atoms with Crippen molar-refractivity contribution >= 4 is 23.4 Å². The van der Waals surface area contributed by atoms with E-state index in [1.807, 2.05) is 25.1 Å². The average molecular weight is 348 g/mol. The Balaban J connectivity index is 1.55. The molecule has 1 aromatic carbocycles. The van der Waals surface area contributed by atoms with Crippen molar-refractivity contribution in [2.45, 2.75) is 31.0 Å². The smallest absolute Gasteiger partial charge is 0.234 e. The molecule has 0 unspecified atom stereocenters. The molecular weight excluding hydrogens is 328 g/mol. The van der Waals surface area contributed by atoms with Crippen LogP contribution in [0.15, 0.2) is 23.4 Å². The summed E-state index contributed by atoms with van der Waals surface area (Å²) in [5, 5.41) is 10.4. The SMILES string of the molecule is COc1ccc(C)cc1NC(=O)CSc1n[nH]c([C@@H]2CCCO2)n1. The fourth-order valence-corrected chi connectivity index (χ4v) is 3.10. The van der Waals surface area contributed by atoms with Crippen LogP contribution >= 0.6 is 11.8 Å². The van der Waals surface area contributed by atoms with Gasteiger partial charge in [0.1, 0.15) is 11.9 Å². The molecule has 24 heavy (non-hydrogen) atoms. The van der Waals surface area contributed by atoms with Crippen molar-refractivity contribution in [2.75, 3.05) is 24.8 Å². The summed E-state index contributed by atoms with van der Waals surface area (Å²) >= 11 is 1.28. The van der Waals surface area contributed by atoms with Gasteiger partial charge in [-0.15, -0.1) is 5.10 Å². The van der Waals surface area contributed by atoms with Gasteiger partial charge in [0.15, 0.2) is 5.82 Å². The summed E-state index contributed by atoms with van der Waals surface area (Å²) in [6, 6.07) is 5.65. The number of thioether (sulfide) groups is 1. The van der Waals surface area contributed by atoms with Gasteiger partial charge < -0.3 is 14.8 Å². The molecule has 0 radical (unpaired) electrons. The van der Waals surface area contributed by atoms with E-state index in [1.165, 1.54) is 11.8 Å². The molecule has 0 aliphatic carbocycles. The summed E-state index contributed by atoms with van der Waals surface area (Å²) in [4.78, 5) is 16.5. The standard InChI is InChI=1S/C16H20N4O3S/c1-10-5-6-12(22-2)11(8-10)17-14(21)9-24-16-18-15(19-20-16)13-4-3-7-23-13/h5-6,8,13H,3-4,7,9H2,1-2H3,(H,17,21)(H,18,19,20)/t13-/m0/s1. The second-order valence-corrected chi connectivity index (χ2v) is 6.49. The number of aromatic amines is 1. The third-order valence-corrected chi connectivity index (χ3v) is 4.53. The number of nitrogens with one attached hydrogen (secondary N) is 2. The van der Waals surface area contributed by atoms with Crippen molar-refractivity contribution in [1.29, 1.82) is 0 Å². The van der Waals surface area contributed by atoms with Gasteiger partial charge in [0.2, 0.25) is 11.1 Å². The van der Waals surface area contributed by atoms with Crippen LogP contribution in [0.25, 0.3) is 0 Å². The average Bonchev–Trinajstić information content (AvgIpc) is 3.24. The summed E-state index contributed by atoms with van der Waals surface area (Å²) < 4.78 is 10.8. The number of methoxy groups -OCH3 is 1. The normalized spacial score (nSPS) is 17.0. The number of H-pyrrole nitrogens is 1. The van der Waals surface area contributed by atoms with E-state index >= 15 is 0 Å². The molecule has 128 valence electrons. The van der Waals surface area contributed by atoms with Crippen molar-refractivity contribution in [3.63, 3.8) is 0 Å². The zero-order valence-electron chi connectivity index (χ0n) is 13.7. The minimum atomic E-state index is -0.132. The van der Waals surface area contributed by atoms with Crippen molar-refractivity contribution in [3.8, 4) is 5.75 Å². The number of carbonyl (C=O) groups excluding carboxylic acids is 1. The molecule has 1 aliphatic rings. The number of nitrogens with zero attached hydrogens (tertiary/aromatic N) is 2. The first-order valence-electron chi connectivity index (χ1n) is 7.77. The van der Waals surface area contributed by atoms with E-state index in [0.717, 1.165) is 30.8 Å². The van der Waals surface area contributed by atoms with Crippen LogP contribution < -0.4 is 10.1 Å². The Morgan fingerprint density at radius 1 is 1.54 bits per heavy atom. The van der Waals surface area contributed by atoms with Crippen molar-refractivity contribution < 1.29 is 14.3 Å². The van der Waals surface area contributed by atoms with E-state index in [0.29, 0.717) is 16.6 Å². The molecule has 2 heterocycles. The summed E-state index contributed by atoms with van der Waals surface area (Å²) in [5.41, 5.74) is 1.71. The van der Waals surface area contributed by atoms with E-state index < -0.39 is 0 Å². The summed E-state index contributed by atoms with van der Waals surface area (Å²) in [6.45, 7) is 2.72. The fraction of sp³-hybridized carbons (Fsp3) is 0.438. The minimum Gasteiger partial charge on any atom is -0.495 e. The molecule has 1 aromatic heterocycles. The Morgan fingerprint density at radius 3 is 3.17 bits per heavy atom. The number of aryl methyl sites for hydroxylation is 1. The molecule has 7 nitrogen and oxygen atoms in total. The molecule has 1 amide bonds. The number of anilines is 1. The quantitative estimate of drug-likeness (QED) is 0.780. The van der Waals surface area contributed by atoms with Gasteiger partial charge in [-0.05, 0) is 37.5 Å². The van der Waals surface area contributed by atoms with E-state index in [4.69, 9.17) is 9.47 Å². The minimum absolute atomic E-state index is 0.00256. The predicted molar refractivity (Wildman–Crippen MR) is 91.4 cm³/mol. The molecule has 2 aromatic rings. The first-order chi connectivity index (χ1) is 11.7. The van der Waals surface area contributed by atoms with Crippen molar-refractivity contribution in [1.82, 2.24) is 15.2 Å². The van der Waals surface area contributed by atoms with Crippen LogP contribution in [0, 0.1) is 6.92 Å². The molecule has 1 fully saturated rings. The number of aromatic nitrogens is 3. The highest BCUT2D eigenvalue weighted by Crippen LogP contribution is 2.28. The van der Waals surface area contributed by atoms with E-state index in [2.05, 4.69) is 20.5 Å². The zero-order chi connectivity index (χ0) is 16.9. The molecule has 3 rings (SSSR count). The Hall–Kier alpha value is -2.06. The van der Waals surface area contributed by atoms with Gasteiger partial charge >= 0.3 is 0 Å². The topological polar surface area (TPSA) is 89.1 Å². The number of hydrogen-bond acceptors (Lipinski definition) is 6. The highest BCUT2D eigenvalue weighted by molar-refractivity contribution is 7.99. The lowest BCUT2D eigenvalue weighted by Gasteiger charge is -2.10. The molecule has 8 heteroatoms. The van der Waals surface area contributed by atoms with Gasteiger partial charge in [-0.1, -0.05) is 17.8 Å². The lowest BCUT2D eigenvalue weighted by atomic mass is 10.2. The van der Waals surface area contributed by atoms with Gasteiger partial charge in [0.05, 0.1) is 18.6 Å². The lowest BCUT2D eigenvalue weighted by molar-refractivity contribution is -0.113. The Kier molecular flexibility index (Phi) is 5.37. The second-order valence-electron chi connectivity index (χ2n) is 5.55. The first kappa shape index (κ1) is 16.8. The highest BCUT2D eigenvalue weighted by atomic mass is 32.2. The third-order valence-electron chi connectivity index (χ3n) is 3.68. The van der Waals surface area contributed by atoms with Crippen LogP contribution in [0.3, 0.4) is 0 Å². The summed E-state index contributed by atoms with van der Waals surface area (Å²) in [6.07, 6.45) is 1.99. The fourth-order valence-electron chi connectivity index (χ4n) is 2.50. The zero-order valence-corrected chi connectivity index (χ0v) is 14.5. The predicted octanol–water partition coefficient (Wildman–Crippen LogP) is 2.70. The maximum Gasteiger partial charge on any atom is 0.234 e. The summed E-state index contributed by atoms with van der Waals surface area (Å²) in [7, 11) is 1.58. The number of hydrogen-bond donors (Lipinski definition) is 2. The maximum atomic E-state index is 12.2. The van der Waals surface area contributed by atoms with Crippen LogP contribution in [0.2, 0.25) is 0 Å². The van der Waals surface area contributed by atoms with Gasteiger partial charge in [-0.25, -0.2) is 4.98 Å². The van der Waals surface area contributed by atoms with Crippen molar-refractivity contribution in [2.24, 2.45) is 0 Å². The molecule has 1 atom stereocenters. The lowest BCUT2D eigenvalue weighted by Crippen LogP contribution is -2.15. The Labute approximate surface area is 144 Å². The maximum absolute atomic E-state index is 12.2. The molecule has 0 spiro atoms. The van der Waals surface area contributed by atoms with Crippen LogP contribution in [-0.4, -0.2) is 40.6 Å². The van der Waals surface area contributed by atoms with E-state index in [1.54, 1.807) is 7.11 Å². The van der Waals surface area contributed by atoms with Crippen LogP contribution in [0.1, 0.15) is 30.3 Å². The van der Waals surface area contributed by atoms with Crippen molar-refractivity contribution in [3.05, 3.63) is 29.6 Å². The van der Waals surface area contributed by atoms with Gasteiger partial charge in [0, 0.05) is 6.61 Å². The Morgan fingerprint density at radius 2 is 2.42 bits per heavy atom. The van der Waals surface area contributed by atoms with Crippen LogP contribution in [0.4, 0.5) is 5.69 Å². The monoisotopic (exact) mass is 348 g/mol. The summed E-state index contributed by atoms with van der Waals surface area (Å²) in [5.74, 6) is 1.46. The van der Waals surface area contributed by atoms with Gasteiger partial charge in [-0.2, -0.15) is 0 Å². The molecular formula is C16H20N4O3S. The molecule has 0 saturated carbocycles. The largest absolute Gasteiger partial charge is 0.495 e. The van der Waals surface area contributed by atoms with Crippen LogP contribution in [0.5, 0.6) is 5.75 Å². The van der Waals surface area contributed by atoms with Gasteiger partial charge in [0.25, 0.3) is 0 Å². The van der Waals surface area contributed by atoms with E-state index in [-0.39, 0.29) is 17.8 Å². The number of carbonyl (C=O) groups is 1. The first-order valence-corrected chi connectivity index (χ1v) is 8.75. The molecule has 0 bridgehead atoms. The van der Waals surface area contributed by atoms with Crippen LogP contribution in [-0.2, 0) is 9.53 Å². The molecule has 2 N–H and O–H groups in total. The number of rotatable bonds is 6.